The number of hydrogen-bond donors (Lipinski definition) is 1. The maximum Gasteiger partial charge on any atom is 0.261 e. The molecule has 19 heavy (non-hydrogen) atoms. The van der Waals surface area contributed by atoms with E-state index >= 15 is 0 Å². The van der Waals surface area contributed by atoms with Crippen LogP contribution in [0.4, 0.5) is 4.39 Å². The van der Waals surface area contributed by atoms with Gasteiger partial charge in [0.15, 0.2) is 5.82 Å². The van der Waals surface area contributed by atoms with Gasteiger partial charge in [0.25, 0.3) is 10.0 Å². The van der Waals surface area contributed by atoms with Crippen LogP contribution in [-0.4, -0.2) is 19.4 Å². The zero-order valence-electron chi connectivity index (χ0n) is 11.2. The molecule has 1 aromatic rings. The minimum atomic E-state index is -3.86. The van der Waals surface area contributed by atoms with E-state index in [1.165, 1.54) is 12.3 Å². The SMILES string of the molecule is CC1(C)CCC(NS(=O)(=O)c2ncccc2F)CC1. The van der Waals surface area contributed by atoms with Gasteiger partial charge in [-0.15, -0.1) is 0 Å². The molecule has 0 saturated heterocycles. The summed E-state index contributed by atoms with van der Waals surface area (Å²) in [7, 11) is -3.86. The lowest BCUT2D eigenvalue weighted by Gasteiger charge is -2.34. The van der Waals surface area contributed by atoms with Crippen molar-refractivity contribution in [2.24, 2.45) is 5.41 Å². The van der Waals surface area contributed by atoms with Gasteiger partial charge in [-0.25, -0.2) is 22.5 Å². The summed E-state index contributed by atoms with van der Waals surface area (Å²) in [6, 6.07) is 2.35. The maximum absolute atomic E-state index is 13.5. The fourth-order valence-corrected chi connectivity index (χ4v) is 3.67. The molecule has 1 heterocycles. The molecule has 0 bridgehead atoms. The van der Waals surface area contributed by atoms with Crippen LogP contribution in [0.25, 0.3) is 0 Å². The summed E-state index contributed by atoms with van der Waals surface area (Å²) in [6.45, 7) is 4.35. The molecule has 2 rings (SSSR count). The van der Waals surface area contributed by atoms with Crippen molar-refractivity contribution >= 4 is 10.0 Å². The highest BCUT2D eigenvalue weighted by Crippen LogP contribution is 2.35. The lowest BCUT2D eigenvalue weighted by Crippen LogP contribution is -2.39. The summed E-state index contributed by atoms with van der Waals surface area (Å²) in [4.78, 5) is 3.62. The topological polar surface area (TPSA) is 59.1 Å². The Kier molecular flexibility index (Phi) is 3.92. The highest BCUT2D eigenvalue weighted by Gasteiger charge is 2.30. The summed E-state index contributed by atoms with van der Waals surface area (Å²) in [5, 5.41) is -0.514. The minimum absolute atomic E-state index is 0.126. The van der Waals surface area contributed by atoms with Gasteiger partial charge in [0.1, 0.15) is 0 Å². The average molecular weight is 286 g/mol. The number of rotatable bonds is 3. The Morgan fingerprint density at radius 1 is 1.37 bits per heavy atom. The number of aromatic nitrogens is 1. The third kappa shape index (κ3) is 3.51. The van der Waals surface area contributed by atoms with E-state index in [1.807, 2.05) is 0 Å². The Bertz CT molecular complexity index is 548. The van der Waals surface area contributed by atoms with Gasteiger partial charge in [0.05, 0.1) is 0 Å². The number of nitrogens with one attached hydrogen (secondary N) is 1. The average Bonchev–Trinajstić information content (AvgIpc) is 2.32. The molecular formula is C13H19FN2O2S. The first-order valence-electron chi connectivity index (χ1n) is 6.43. The molecule has 1 aliphatic carbocycles. The molecular weight excluding hydrogens is 267 g/mol. The van der Waals surface area contributed by atoms with E-state index in [9.17, 15) is 12.8 Å². The van der Waals surface area contributed by atoms with Crippen molar-refractivity contribution in [2.75, 3.05) is 0 Å². The third-order valence-corrected chi connectivity index (χ3v) is 5.09. The molecule has 1 aliphatic rings. The van der Waals surface area contributed by atoms with E-state index in [2.05, 4.69) is 23.6 Å². The number of nitrogens with zero attached hydrogens (tertiary/aromatic N) is 1. The van der Waals surface area contributed by atoms with Gasteiger partial charge in [0.2, 0.25) is 5.03 Å². The molecule has 0 spiro atoms. The normalized spacial score (nSPS) is 20.4. The van der Waals surface area contributed by atoms with Crippen LogP contribution in [0.1, 0.15) is 39.5 Å². The number of halogens is 1. The van der Waals surface area contributed by atoms with Crippen LogP contribution in [0.15, 0.2) is 23.4 Å². The smallest absolute Gasteiger partial charge is 0.241 e. The van der Waals surface area contributed by atoms with Gasteiger partial charge in [-0.2, -0.15) is 0 Å². The molecule has 4 nitrogen and oxygen atoms in total. The molecule has 0 aliphatic heterocycles. The molecule has 0 atom stereocenters. The van der Waals surface area contributed by atoms with Crippen molar-refractivity contribution in [1.29, 1.82) is 0 Å². The Morgan fingerprint density at radius 3 is 2.58 bits per heavy atom. The lowest BCUT2D eigenvalue weighted by molar-refractivity contribution is 0.218. The summed E-state index contributed by atoms with van der Waals surface area (Å²) in [5.74, 6) is -0.814. The van der Waals surface area contributed by atoms with Crippen LogP contribution in [0.3, 0.4) is 0 Å². The van der Waals surface area contributed by atoms with E-state index in [4.69, 9.17) is 0 Å². The van der Waals surface area contributed by atoms with Gasteiger partial charge >= 0.3 is 0 Å². The monoisotopic (exact) mass is 286 g/mol. The van der Waals surface area contributed by atoms with Gasteiger partial charge < -0.3 is 0 Å². The first-order valence-corrected chi connectivity index (χ1v) is 7.91. The quantitative estimate of drug-likeness (QED) is 0.928. The standard InChI is InChI=1S/C13H19FN2O2S/c1-13(2)7-5-10(6-8-13)16-19(17,18)12-11(14)4-3-9-15-12/h3-4,9-10,16H,5-8H2,1-2H3. The van der Waals surface area contributed by atoms with E-state index in [-0.39, 0.29) is 11.5 Å². The first-order chi connectivity index (χ1) is 8.80. The summed E-state index contributed by atoms with van der Waals surface area (Å²) < 4.78 is 40.2. The van der Waals surface area contributed by atoms with Crippen LogP contribution in [-0.2, 0) is 10.0 Å². The van der Waals surface area contributed by atoms with E-state index in [0.29, 0.717) is 0 Å². The van der Waals surface area contributed by atoms with E-state index in [0.717, 1.165) is 31.7 Å². The number of sulfonamides is 1. The van der Waals surface area contributed by atoms with E-state index in [1.54, 1.807) is 0 Å². The van der Waals surface area contributed by atoms with Gasteiger partial charge in [-0.1, -0.05) is 13.8 Å². The Balaban J connectivity index is 2.09. The van der Waals surface area contributed by atoms with Crippen molar-refractivity contribution in [3.8, 4) is 0 Å². The van der Waals surface area contributed by atoms with Gasteiger partial charge in [-0.3, -0.25) is 0 Å². The predicted molar refractivity (Wildman–Crippen MR) is 70.6 cm³/mol. The zero-order valence-corrected chi connectivity index (χ0v) is 12.0. The number of hydrogen-bond acceptors (Lipinski definition) is 3. The van der Waals surface area contributed by atoms with Crippen molar-refractivity contribution in [3.63, 3.8) is 0 Å². The van der Waals surface area contributed by atoms with Crippen LogP contribution in [0, 0.1) is 11.2 Å². The second kappa shape index (κ2) is 5.17. The van der Waals surface area contributed by atoms with Crippen LogP contribution in [0.2, 0.25) is 0 Å². The number of pyridine rings is 1. The molecule has 0 amide bonds. The zero-order chi connectivity index (χ0) is 14.1. The van der Waals surface area contributed by atoms with Crippen molar-refractivity contribution in [1.82, 2.24) is 9.71 Å². The summed E-state index contributed by atoms with van der Waals surface area (Å²) in [6.07, 6.45) is 4.76. The van der Waals surface area contributed by atoms with Gasteiger partial charge in [-0.05, 0) is 43.2 Å². The highest BCUT2D eigenvalue weighted by atomic mass is 32.2. The molecule has 1 N–H and O–H groups in total. The summed E-state index contributed by atoms with van der Waals surface area (Å²) in [5.41, 5.74) is 0.262. The fraction of sp³-hybridized carbons (Fsp3) is 0.615. The van der Waals surface area contributed by atoms with Crippen molar-refractivity contribution < 1.29 is 12.8 Å². The van der Waals surface area contributed by atoms with E-state index < -0.39 is 20.9 Å². The third-order valence-electron chi connectivity index (χ3n) is 3.64. The Morgan fingerprint density at radius 2 is 2.00 bits per heavy atom. The molecule has 106 valence electrons. The molecule has 0 radical (unpaired) electrons. The fourth-order valence-electron chi connectivity index (χ4n) is 2.36. The molecule has 1 fully saturated rings. The molecule has 1 aromatic heterocycles. The molecule has 1 saturated carbocycles. The summed E-state index contributed by atoms with van der Waals surface area (Å²) >= 11 is 0. The van der Waals surface area contributed by atoms with Gasteiger partial charge in [0, 0.05) is 12.2 Å². The maximum atomic E-state index is 13.5. The highest BCUT2D eigenvalue weighted by molar-refractivity contribution is 7.89. The molecule has 0 unspecified atom stereocenters. The van der Waals surface area contributed by atoms with Crippen LogP contribution >= 0.6 is 0 Å². The molecule has 6 heteroatoms. The first kappa shape index (κ1) is 14.4. The molecule has 0 aromatic carbocycles. The second-order valence-electron chi connectivity index (χ2n) is 5.85. The second-order valence-corrected chi connectivity index (χ2v) is 7.48. The van der Waals surface area contributed by atoms with Crippen molar-refractivity contribution in [2.45, 2.75) is 50.6 Å². The predicted octanol–water partition coefficient (Wildman–Crippen LogP) is 2.47. The Labute approximate surface area is 113 Å². The van der Waals surface area contributed by atoms with Crippen molar-refractivity contribution in [3.05, 3.63) is 24.1 Å². The minimum Gasteiger partial charge on any atom is -0.241 e. The largest absolute Gasteiger partial charge is 0.261 e. The Hall–Kier alpha value is -1.01. The lowest BCUT2D eigenvalue weighted by atomic mass is 9.76. The van der Waals surface area contributed by atoms with Crippen LogP contribution in [0.5, 0.6) is 0 Å². The van der Waals surface area contributed by atoms with Crippen LogP contribution < -0.4 is 4.72 Å².